The zero-order valence-electron chi connectivity index (χ0n) is 14.4. The van der Waals surface area contributed by atoms with E-state index < -0.39 is 0 Å². The van der Waals surface area contributed by atoms with E-state index in [1.807, 2.05) is 12.3 Å². The summed E-state index contributed by atoms with van der Waals surface area (Å²) in [7, 11) is 0. The lowest BCUT2D eigenvalue weighted by Crippen LogP contribution is -2.44. The minimum Gasteiger partial charge on any atom is -0.461 e. The Morgan fingerprint density at radius 2 is 2.28 bits per heavy atom. The molecule has 3 aromatic heterocycles. The molecular formula is C18H21N5O2. The molecule has 1 N–H and O–H groups in total. The molecule has 0 spiro atoms. The van der Waals surface area contributed by atoms with Gasteiger partial charge in [0.2, 0.25) is 0 Å². The number of hydrogen-bond donors (Lipinski definition) is 1. The van der Waals surface area contributed by atoms with Crippen LogP contribution in [0.4, 0.5) is 0 Å². The maximum Gasteiger partial charge on any atom is 0.358 e. The number of rotatable bonds is 5. The van der Waals surface area contributed by atoms with Gasteiger partial charge in [0, 0.05) is 37.4 Å². The van der Waals surface area contributed by atoms with Crippen LogP contribution in [0.2, 0.25) is 0 Å². The molecule has 7 heteroatoms. The molecule has 1 saturated heterocycles. The molecule has 0 amide bonds. The number of fused-ring (bicyclic) bond motifs is 1. The highest BCUT2D eigenvalue weighted by Gasteiger charge is 2.30. The second-order valence-corrected chi connectivity index (χ2v) is 6.45. The maximum absolute atomic E-state index is 11.7. The Bertz CT molecular complexity index is 907. The summed E-state index contributed by atoms with van der Waals surface area (Å²) in [4.78, 5) is 18.6. The summed E-state index contributed by atoms with van der Waals surface area (Å²) >= 11 is 0. The first-order valence-electron chi connectivity index (χ1n) is 8.52. The van der Waals surface area contributed by atoms with Gasteiger partial charge in [-0.15, -0.1) is 0 Å². The van der Waals surface area contributed by atoms with Gasteiger partial charge in [-0.3, -0.25) is 10.00 Å². The smallest absolute Gasteiger partial charge is 0.358 e. The van der Waals surface area contributed by atoms with E-state index in [0.717, 1.165) is 31.0 Å². The summed E-state index contributed by atoms with van der Waals surface area (Å²) in [5, 5.41) is 7.03. The molecule has 0 saturated carbocycles. The van der Waals surface area contributed by atoms with Gasteiger partial charge in [-0.05, 0) is 31.5 Å². The number of hydrogen-bond acceptors (Lipinski definition) is 5. The Morgan fingerprint density at radius 1 is 1.44 bits per heavy atom. The molecule has 1 fully saturated rings. The van der Waals surface area contributed by atoms with Crippen LogP contribution in [0, 0.1) is 6.92 Å². The lowest BCUT2D eigenvalue weighted by molar-refractivity contribution is 0.0519. The van der Waals surface area contributed by atoms with Gasteiger partial charge in [-0.25, -0.2) is 9.78 Å². The number of aromatic nitrogens is 4. The van der Waals surface area contributed by atoms with Crippen molar-refractivity contribution in [3.8, 4) is 0 Å². The van der Waals surface area contributed by atoms with Crippen LogP contribution in [0.15, 0.2) is 30.6 Å². The van der Waals surface area contributed by atoms with Crippen LogP contribution in [0.3, 0.4) is 0 Å². The lowest BCUT2D eigenvalue weighted by Gasteiger charge is -2.38. The number of carbonyl (C=O) groups is 1. The first-order chi connectivity index (χ1) is 12.2. The maximum atomic E-state index is 11.7. The Morgan fingerprint density at radius 3 is 3.08 bits per heavy atom. The van der Waals surface area contributed by atoms with Crippen LogP contribution in [0.25, 0.3) is 5.65 Å². The van der Waals surface area contributed by atoms with Crippen LogP contribution < -0.4 is 0 Å². The van der Waals surface area contributed by atoms with Crippen LogP contribution in [0.1, 0.15) is 40.3 Å². The quantitative estimate of drug-likeness (QED) is 0.721. The molecule has 1 aliphatic rings. The van der Waals surface area contributed by atoms with Crippen LogP contribution in [-0.2, 0) is 11.3 Å². The van der Waals surface area contributed by atoms with Crippen molar-refractivity contribution in [2.75, 3.05) is 19.7 Å². The standard InChI is InChI=1S/C18H21N5O2/c1-3-25-18(24)16-7-15(20-21-16)13-9-22(10-13)11-14-8-19-17-12(2)5-4-6-23(14)17/h4-8,13H,3,9-11H2,1-2H3,(H,20,21). The first-order valence-corrected chi connectivity index (χ1v) is 8.52. The topological polar surface area (TPSA) is 75.5 Å². The molecule has 4 rings (SSSR count). The summed E-state index contributed by atoms with van der Waals surface area (Å²) in [5.41, 5.74) is 4.73. The molecule has 0 aromatic carbocycles. The number of ether oxygens (including phenoxy) is 1. The van der Waals surface area contributed by atoms with Crippen molar-refractivity contribution in [1.29, 1.82) is 0 Å². The zero-order valence-corrected chi connectivity index (χ0v) is 14.4. The van der Waals surface area contributed by atoms with Gasteiger partial charge in [0.15, 0.2) is 5.69 Å². The molecule has 1 aliphatic heterocycles. The highest BCUT2D eigenvalue weighted by Crippen LogP contribution is 2.27. The van der Waals surface area contributed by atoms with Gasteiger partial charge < -0.3 is 9.14 Å². The number of carbonyl (C=O) groups excluding carboxylic acids is 1. The van der Waals surface area contributed by atoms with E-state index in [1.54, 1.807) is 13.0 Å². The number of H-pyrrole nitrogens is 1. The van der Waals surface area contributed by atoms with Gasteiger partial charge in [0.05, 0.1) is 18.5 Å². The van der Waals surface area contributed by atoms with Crippen molar-refractivity contribution < 1.29 is 9.53 Å². The minimum atomic E-state index is -0.373. The second kappa shape index (κ2) is 6.33. The van der Waals surface area contributed by atoms with Crippen molar-refractivity contribution in [1.82, 2.24) is 24.5 Å². The van der Waals surface area contributed by atoms with Gasteiger partial charge in [0.1, 0.15) is 5.65 Å². The second-order valence-electron chi connectivity index (χ2n) is 6.45. The number of likely N-dealkylation sites (tertiary alicyclic amines) is 1. The summed E-state index contributed by atoms with van der Waals surface area (Å²) in [5.74, 6) is -0.00104. The van der Waals surface area contributed by atoms with E-state index in [4.69, 9.17) is 4.74 Å². The highest BCUT2D eigenvalue weighted by molar-refractivity contribution is 5.87. The predicted molar refractivity (Wildman–Crippen MR) is 92.5 cm³/mol. The fourth-order valence-corrected chi connectivity index (χ4v) is 3.30. The number of esters is 1. The van der Waals surface area contributed by atoms with E-state index in [9.17, 15) is 4.79 Å². The molecule has 130 valence electrons. The zero-order chi connectivity index (χ0) is 17.4. The number of aromatic amines is 1. The molecule has 0 radical (unpaired) electrons. The molecule has 25 heavy (non-hydrogen) atoms. The number of imidazole rings is 1. The monoisotopic (exact) mass is 339 g/mol. The van der Waals surface area contributed by atoms with Gasteiger partial charge >= 0.3 is 5.97 Å². The molecule has 0 unspecified atom stereocenters. The van der Waals surface area contributed by atoms with E-state index in [-0.39, 0.29) is 5.97 Å². The molecule has 3 aromatic rings. The fraction of sp³-hybridized carbons (Fsp3) is 0.389. The van der Waals surface area contributed by atoms with Crippen molar-refractivity contribution in [3.63, 3.8) is 0 Å². The van der Waals surface area contributed by atoms with E-state index >= 15 is 0 Å². The molecular weight excluding hydrogens is 318 g/mol. The molecule has 0 atom stereocenters. The van der Waals surface area contributed by atoms with Gasteiger partial charge in [0.25, 0.3) is 0 Å². The summed E-state index contributed by atoms with van der Waals surface area (Å²) < 4.78 is 7.12. The van der Waals surface area contributed by atoms with Gasteiger partial charge in [-0.1, -0.05) is 6.07 Å². The molecule has 0 aliphatic carbocycles. The fourth-order valence-electron chi connectivity index (χ4n) is 3.30. The summed E-state index contributed by atoms with van der Waals surface area (Å²) in [6, 6.07) is 5.93. The predicted octanol–water partition coefficient (Wildman–Crippen LogP) is 2.14. The lowest BCUT2D eigenvalue weighted by atomic mass is 9.96. The number of pyridine rings is 1. The molecule has 0 bridgehead atoms. The average molecular weight is 339 g/mol. The SMILES string of the molecule is CCOC(=O)c1cc(C2CN(Cc3cnc4c(C)cccn34)C2)[nH]n1. The van der Waals surface area contributed by atoms with Crippen LogP contribution in [-0.4, -0.2) is 50.1 Å². The Hall–Kier alpha value is -2.67. The summed E-state index contributed by atoms with van der Waals surface area (Å²) in [6.45, 7) is 6.95. The van der Waals surface area contributed by atoms with Crippen LogP contribution >= 0.6 is 0 Å². The van der Waals surface area contributed by atoms with Gasteiger partial charge in [-0.2, -0.15) is 5.10 Å². The largest absolute Gasteiger partial charge is 0.461 e. The number of nitrogens with zero attached hydrogens (tertiary/aromatic N) is 4. The van der Waals surface area contributed by atoms with E-state index in [0.29, 0.717) is 18.2 Å². The average Bonchev–Trinajstić information content (AvgIpc) is 3.19. The molecule has 7 nitrogen and oxygen atoms in total. The van der Waals surface area contributed by atoms with E-state index in [1.165, 1.54) is 11.3 Å². The van der Waals surface area contributed by atoms with Crippen molar-refractivity contribution in [2.45, 2.75) is 26.3 Å². The molecule has 4 heterocycles. The minimum absolute atomic E-state index is 0.354. The van der Waals surface area contributed by atoms with E-state index in [2.05, 4.69) is 43.7 Å². The van der Waals surface area contributed by atoms with Crippen molar-refractivity contribution >= 4 is 11.6 Å². The third-order valence-corrected chi connectivity index (χ3v) is 4.67. The van der Waals surface area contributed by atoms with Crippen molar-refractivity contribution in [3.05, 3.63) is 53.2 Å². The van der Waals surface area contributed by atoms with Crippen molar-refractivity contribution in [2.24, 2.45) is 0 Å². The highest BCUT2D eigenvalue weighted by atomic mass is 16.5. The number of aryl methyl sites for hydroxylation is 1. The third-order valence-electron chi connectivity index (χ3n) is 4.67. The Kier molecular flexibility index (Phi) is 4.01. The first kappa shape index (κ1) is 15.8. The van der Waals surface area contributed by atoms with Crippen LogP contribution in [0.5, 0.6) is 0 Å². The third kappa shape index (κ3) is 2.91. The normalized spacial score (nSPS) is 15.4. The Balaban J connectivity index is 1.39. The Labute approximate surface area is 145 Å². The summed E-state index contributed by atoms with van der Waals surface area (Å²) in [6.07, 6.45) is 4.01. The number of nitrogens with one attached hydrogen (secondary N) is 1.